The van der Waals surface area contributed by atoms with Gasteiger partial charge in [-0.2, -0.15) is 0 Å². The first-order valence-electron chi connectivity index (χ1n) is 6.59. The first-order valence-corrected chi connectivity index (χ1v) is 8.07. The number of hydrogen-bond acceptors (Lipinski definition) is 4. The van der Waals surface area contributed by atoms with Gasteiger partial charge in [-0.25, -0.2) is 8.42 Å². The van der Waals surface area contributed by atoms with Crippen molar-refractivity contribution in [2.45, 2.75) is 29.7 Å². The predicted octanol–water partition coefficient (Wildman–Crippen LogP) is 3.32. The Kier molecular flexibility index (Phi) is 4.53. The van der Waals surface area contributed by atoms with Crippen molar-refractivity contribution in [3.05, 3.63) is 48.5 Å². The molecule has 2 rings (SSSR count). The number of methoxy groups -OCH3 is 1. The summed E-state index contributed by atoms with van der Waals surface area (Å²) in [5.74, 6) is 1.27. The normalized spacial score (nSPS) is 11.4. The number of benzene rings is 2. The maximum atomic E-state index is 12.5. The van der Waals surface area contributed by atoms with Crippen LogP contribution in [0.25, 0.3) is 0 Å². The number of hydrogen-bond donors (Lipinski definition) is 0. The summed E-state index contributed by atoms with van der Waals surface area (Å²) in [6, 6.07) is 12.8. The zero-order valence-electron chi connectivity index (χ0n) is 12.2. The molecule has 21 heavy (non-hydrogen) atoms. The Morgan fingerprint density at radius 2 is 1.24 bits per heavy atom. The van der Waals surface area contributed by atoms with E-state index in [0.717, 1.165) is 0 Å². The second-order valence-corrected chi connectivity index (χ2v) is 6.77. The molecule has 0 heterocycles. The van der Waals surface area contributed by atoms with Crippen LogP contribution >= 0.6 is 0 Å². The van der Waals surface area contributed by atoms with E-state index < -0.39 is 9.84 Å². The van der Waals surface area contributed by atoms with E-state index in [0.29, 0.717) is 11.5 Å². The Morgan fingerprint density at radius 3 is 1.62 bits per heavy atom. The highest BCUT2D eigenvalue weighted by molar-refractivity contribution is 7.91. The molecule has 5 heteroatoms. The minimum atomic E-state index is -3.52. The molecule has 0 N–H and O–H groups in total. The Balaban J connectivity index is 2.30. The Labute approximate surface area is 125 Å². The predicted molar refractivity (Wildman–Crippen MR) is 80.7 cm³/mol. The van der Waals surface area contributed by atoms with Gasteiger partial charge in [-0.15, -0.1) is 0 Å². The van der Waals surface area contributed by atoms with Crippen LogP contribution in [0.15, 0.2) is 58.3 Å². The van der Waals surface area contributed by atoms with Crippen molar-refractivity contribution in [3.63, 3.8) is 0 Å². The maximum Gasteiger partial charge on any atom is 0.206 e. The Bertz CT molecular complexity index is 686. The zero-order chi connectivity index (χ0) is 15.5. The molecular weight excluding hydrogens is 288 g/mol. The number of ether oxygens (including phenoxy) is 2. The first kappa shape index (κ1) is 15.4. The van der Waals surface area contributed by atoms with Crippen LogP contribution in [-0.2, 0) is 9.84 Å². The van der Waals surface area contributed by atoms with Gasteiger partial charge in [0.15, 0.2) is 0 Å². The summed E-state index contributed by atoms with van der Waals surface area (Å²) in [5, 5.41) is 0. The van der Waals surface area contributed by atoms with Gasteiger partial charge in [0.2, 0.25) is 9.84 Å². The van der Waals surface area contributed by atoms with Crippen molar-refractivity contribution < 1.29 is 17.9 Å². The van der Waals surface area contributed by atoms with E-state index in [1.54, 1.807) is 36.4 Å². The molecule has 0 aliphatic heterocycles. The fraction of sp³-hybridized carbons (Fsp3) is 0.250. The molecule has 0 bridgehead atoms. The van der Waals surface area contributed by atoms with Gasteiger partial charge in [0.25, 0.3) is 0 Å². The minimum Gasteiger partial charge on any atom is -0.497 e. The second kappa shape index (κ2) is 6.18. The Morgan fingerprint density at radius 1 is 0.810 bits per heavy atom. The third kappa shape index (κ3) is 3.55. The molecule has 0 unspecified atom stereocenters. The molecule has 0 aliphatic carbocycles. The Hall–Kier alpha value is -2.01. The molecule has 0 atom stereocenters. The number of rotatable bonds is 5. The van der Waals surface area contributed by atoms with Gasteiger partial charge in [-0.1, -0.05) is 0 Å². The van der Waals surface area contributed by atoms with Crippen LogP contribution in [0.5, 0.6) is 11.5 Å². The lowest BCUT2D eigenvalue weighted by molar-refractivity contribution is 0.242. The van der Waals surface area contributed by atoms with Gasteiger partial charge < -0.3 is 9.47 Å². The molecule has 0 saturated carbocycles. The second-order valence-electron chi connectivity index (χ2n) is 4.82. The summed E-state index contributed by atoms with van der Waals surface area (Å²) < 4.78 is 35.5. The van der Waals surface area contributed by atoms with E-state index in [2.05, 4.69) is 0 Å². The van der Waals surface area contributed by atoms with E-state index in [4.69, 9.17) is 9.47 Å². The lowest BCUT2D eigenvalue weighted by Crippen LogP contribution is -2.06. The average molecular weight is 306 g/mol. The lowest BCUT2D eigenvalue weighted by atomic mass is 10.3. The van der Waals surface area contributed by atoms with Crippen LogP contribution in [-0.4, -0.2) is 21.6 Å². The van der Waals surface area contributed by atoms with Gasteiger partial charge in [0.1, 0.15) is 11.5 Å². The van der Waals surface area contributed by atoms with Crippen LogP contribution in [0.4, 0.5) is 0 Å². The highest BCUT2D eigenvalue weighted by atomic mass is 32.2. The van der Waals surface area contributed by atoms with Crippen molar-refractivity contribution >= 4 is 9.84 Å². The van der Waals surface area contributed by atoms with Crippen LogP contribution in [0, 0.1) is 0 Å². The van der Waals surface area contributed by atoms with E-state index >= 15 is 0 Å². The molecule has 4 nitrogen and oxygen atoms in total. The fourth-order valence-corrected chi connectivity index (χ4v) is 3.12. The third-order valence-corrected chi connectivity index (χ3v) is 4.66. The van der Waals surface area contributed by atoms with Crippen LogP contribution in [0.1, 0.15) is 13.8 Å². The summed E-state index contributed by atoms with van der Waals surface area (Å²) in [6.07, 6.45) is 0.0500. The standard InChI is InChI=1S/C16H18O4S/c1-12(2)20-14-6-10-16(11-7-14)21(17,18)15-8-4-13(19-3)5-9-15/h4-12H,1-3H3. The van der Waals surface area contributed by atoms with E-state index in [1.165, 1.54) is 19.2 Å². The highest BCUT2D eigenvalue weighted by Crippen LogP contribution is 2.25. The minimum absolute atomic E-state index is 0.0500. The highest BCUT2D eigenvalue weighted by Gasteiger charge is 2.17. The molecule has 0 spiro atoms. The van der Waals surface area contributed by atoms with Gasteiger partial charge in [-0.3, -0.25) is 0 Å². The summed E-state index contributed by atoms with van der Waals surface area (Å²) in [6.45, 7) is 3.84. The SMILES string of the molecule is COc1ccc(S(=O)(=O)c2ccc(OC(C)C)cc2)cc1. The van der Waals surface area contributed by atoms with Crippen molar-refractivity contribution in [3.8, 4) is 11.5 Å². The van der Waals surface area contributed by atoms with Gasteiger partial charge in [0, 0.05) is 0 Å². The summed E-state index contributed by atoms with van der Waals surface area (Å²) >= 11 is 0. The van der Waals surface area contributed by atoms with E-state index in [-0.39, 0.29) is 15.9 Å². The average Bonchev–Trinajstić information content (AvgIpc) is 2.47. The molecule has 0 aromatic heterocycles. The molecular formula is C16H18O4S. The van der Waals surface area contributed by atoms with Crippen LogP contribution in [0.3, 0.4) is 0 Å². The molecule has 0 radical (unpaired) electrons. The molecule has 0 amide bonds. The van der Waals surface area contributed by atoms with E-state index in [1.807, 2.05) is 13.8 Å². The molecule has 112 valence electrons. The molecule has 0 aliphatic rings. The van der Waals surface area contributed by atoms with Gasteiger partial charge in [0.05, 0.1) is 23.0 Å². The quantitative estimate of drug-likeness (QED) is 0.850. The molecule has 0 fully saturated rings. The lowest BCUT2D eigenvalue weighted by Gasteiger charge is -2.10. The van der Waals surface area contributed by atoms with Crippen LogP contribution in [0.2, 0.25) is 0 Å². The van der Waals surface area contributed by atoms with Crippen molar-refractivity contribution in [2.24, 2.45) is 0 Å². The monoisotopic (exact) mass is 306 g/mol. The van der Waals surface area contributed by atoms with Gasteiger partial charge in [-0.05, 0) is 62.4 Å². The fourth-order valence-electron chi connectivity index (χ4n) is 1.86. The van der Waals surface area contributed by atoms with Gasteiger partial charge >= 0.3 is 0 Å². The zero-order valence-corrected chi connectivity index (χ0v) is 13.1. The summed E-state index contributed by atoms with van der Waals surface area (Å²) in [4.78, 5) is 0.476. The van der Waals surface area contributed by atoms with Crippen molar-refractivity contribution in [1.29, 1.82) is 0 Å². The van der Waals surface area contributed by atoms with E-state index in [9.17, 15) is 8.42 Å². The maximum absolute atomic E-state index is 12.5. The smallest absolute Gasteiger partial charge is 0.206 e. The molecule has 2 aromatic carbocycles. The number of sulfone groups is 1. The topological polar surface area (TPSA) is 52.6 Å². The summed E-state index contributed by atoms with van der Waals surface area (Å²) in [5.41, 5.74) is 0. The van der Waals surface area contributed by atoms with Crippen molar-refractivity contribution in [2.75, 3.05) is 7.11 Å². The third-order valence-electron chi connectivity index (χ3n) is 2.88. The molecule has 0 saturated heterocycles. The summed E-state index contributed by atoms with van der Waals surface area (Å²) in [7, 11) is -1.98. The molecule has 2 aromatic rings. The van der Waals surface area contributed by atoms with Crippen LogP contribution < -0.4 is 9.47 Å². The largest absolute Gasteiger partial charge is 0.497 e. The van der Waals surface area contributed by atoms with Crippen molar-refractivity contribution in [1.82, 2.24) is 0 Å². The first-order chi connectivity index (χ1) is 9.93.